The maximum atomic E-state index is 12.9. The Balaban J connectivity index is 1.38. The summed E-state index contributed by atoms with van der Waals surface area (Å²) in [7, 11) is 1.57. The molecule has 0 bridgehead atoms. The van der Waals surface area contributed by atoms with Gasteiger partial charge in [0.05, 0.1) is 24.1 Å². The summed E-state index contributed by atoms with van der Waals surface area (Å²) in [5.41, 5.74) is 1.60. The van der Waals surface area contributed by atoms with E-state index >= 15 is 0 Å². The van der Waals surface area contributed by atoms with Crippen molar-refractivity contribution in [3.8, 4) is 17.1 Å². The normalized spacial score (nSPS) is 15.1. The third-order valence-electron chi connectivity index (χ3n) is 5.36. The van der Waals surface area contributed by atoms with Crippen molar-refractivity contribution >= 4 is 51.4 Å². The summed E-state index contributed by atoms with van der Waals surface area (Å²) in [6, 6.07) is 22.7. The molecule has 1 saturated heterocycles. The first-order valence-electron chi connectivity index (χ1n) is 10.2. The second-order valence-corrected chi connectivity index (χ2v) is 8.93. The van der Waals surface area contributed by atoms with Gasteiger partial charge in [0.1, 0.15) is 17.3 Å². The number of amides is 2. The highest BCUT2D eigenvalue weighted by Crippen LogP contribution is 2.37. The molecule has 3 aromatic carbocycles. The number of hydrogen-bond donors (Lipinski definition) is 0. The Labute approximate surface area is 199 Å². The van der Waals surface area contributed by atoms with E-state index in [1.54, 1.807) is 43.5 Å². The minimum absolute atomic E-state index is 0.218. The third kappa shape index (κ3) is 4.27. The summed E-state index contributed by atoms with van der Waals surface area (Å²) >= 11 is 7.03. The van der Waals surface area contributed by atoms with Gasteiger partial charge in [0.15, 0.2) is 0 Å². The lowest BCUT2D eigenvalue weighted by Gasteiger charge is -2.13. The summed E-state index contributed by atoms with van der Waals surface area (Å²) in [5, 5.41) is 2.43. The van der Waals surface area contributed by atoms with E-state index in [0.717, 1.165) is 28.1 Å². The van der Waals surface area contributed by atoms with Crippen LogP contribution in [0.5, 0.6) is 5.75 Å². The fourth-order valence-electron chi connectivity index (χ4n) is 3.73. The van der Waals surface area contributed by atoms with E-state index in [0.29, 0.717) is 32.8 Å². The molecule has 0 atom stereocenters. The number of thioether (sulfide) groups is 1. The van der Waals surface area contributed by atoms with Gasteiger partial charge < -0.3 is 9.15 Å². The van der Waals surface area contributed by atoms with Crippen LogP contribution in [0.3, 0.4) is 0 Å². The highest BCUT2D eigenvalue weighted by Gasteiger charge is 2.35. The Morgan fingerprint density at radius 3 is 2.64 bits per heavy atom. The predicted molar refractivity (Wildman–Crippen MR) is 131 cm³/mol. The van der Waals surface area contributed by atoms with E-state index in [4.69, 9.17) is 20.8 Å². The zero-order chi connectivity index (χ0) is 22.9. The number of carbonyl (C=O) groups is 2. The van der Waals surface area contributed by atoms with Crippen LogP contribution in [-0.2, 0) is 11.3 Å². The van der Waals surface area contributed by atoms with Crippen molar-refractivity contribution in [2.45, 2.75) is 6.54 Å². The lowest BCUT2D eigenvalue weighted by Crippen LogP contribution is -2.27. The zero-order valence-corrected chi connectivity index (χ0v) is 19.2. The highest BCUT2D eigenvalue weighted by molar-refractivity contribution is 8.18. The molecule has 0 aliphatic carbocycles. The van der Waals surface area contributed by atoms with E-state index in [-0.39, 0.29) is 17.7 Å². The molecular formula is C26H18ClNO4S. The van der Waals surface area contributed by atoms with Crippen LogP contribution >= 0.6 is 23.4 Å². The molecule has 4 aromatic rings. The fourth-order valence-corrected chi connectivity index (χ4v) is 4.72. The van der Waals surface area contributed by atoms with Crippen molar-refractivity contribution in [2.75, 3.05) is 7.11 Å². The molecule has 1 aliphatic heterocycles. The Hall–Kier alpha value is -3.48. The number of furan rings is 1. The molecule has 7 heteroatoms. The molecule has 1 aliphatic rings. The second kappa shape index (κ2) is 8.81. The SMILES string of the molecule is COc1ccc(Cl)cc1-c1ccc(/C=C2\SC(=O)N(Cc3ccc4ccccc4c3)C2=O)o1. The molecular weight excluding hydrogens is 458 g/mol. The smallest absolute Gasteiger partial charge is 0.293 e. The van der Waals surface area contributed by atoms with Crippen molar-refractivity contribution in [3.63, 3.8) is 0 Å². The molecule has 1 fully saturated rings. The average Bonchev–Trinajstić information content (AvgIpc) is 3.39. The molecule has 5 nitrogen and oxygen atoms in total. The van der Waals surface area contributed by atoms with Gasteiger partial charge in [-0.25, -0.2) is 0 Å². The van der Waals surface area contributed by atoms with Crippen LogP contribution < -0.4 is 4.74 Å². The number of hydrogen-bond acceptors (Lipinski definition) is 5. The lowest BCUT2D eigenvalue weighted by atomic mass is 10.1. The van der Waals surface area contributed by atoms with Crippen molar-refractivity contribution in [1.29, 1.82) is 0 Å². The van der Waals surface area contributed by atoms with Crippen LogP contribution in [0.1, 0.15) is 11.3 Å². The number of rotatable bonds is 5. The zero-order valence-electron chi connectivity index (χ0n) is 17.6. The van der Waals surface area contributed by atoms with Crippen LogP contribution in [0.15, 0.2) is 82.1 Å². The van der Waals surface area contributed by atoms with Crippen molar-refractivity contribution in [1.82, 2.24) is 4.90 Å². The van der Waals surface area contributed by atoms with Gasteiger partial charge in [0.2, 0.25) is 0 Å². The molecule has 0 radical (unpaired) electrons. The molecule has 0 spiro atoms. The molecule has 5 rings (SSSR count). The van der Waals surface area contributed by atoms with Crippen LogP contribution in [-0.4, -0.2) is 23.2 Å². The van der Waals surface area contributed by atoms with Gasteiger partial charge in [-0.2, -0.15) is 0 Å². The number of fused-ring (bicyclic) bond motifs is 1. The average molecular weight is 476 g/mol. The highest BCUT2D eigenvalue weighted by atomic mass is 35.5. The van der Waals surface area contributed by atoms with Crippen LogP contribution in [0.25, 0.3) is 28.2 Å². The van der Waals surface area contributed by atoms with Gasteiger partial charge in [0.25, 0.3) is 11.1 Å². The number of methoxy groups -OCH3 is 1. The predicted octanol–water partition coefficient (Wildman–Crippen LogP) is 7.00. The number of ether oxygens (including phenoxy) is 1. The number of benzene rings is 3. The van der Waals surface area contributed by atoms with Crippen molar-refractivity contribution < 1.29 is 18.7 Å². The van der Waals surface area contributed by atoms with Crippen LogP contribution in [0, 0.1) is 0 Å². The Bertz CT molecular complexity index is 1420. The number of halogens is 1. The first-order valence-corrected chi connectivity index (χ1v) is 11.4. The van der Waals surface area contributed by atoms with Crippen molar-refractivity contribution in [3.05, 3.63) is 94.0 Å². The molecule has 0 saturated carbocycles. The maximum Gasteiger partial charge on any atom is 0.293 e. The van der Waals surface area contributed by atoms with E-state index < -0.39 is 0 Å². The Morgan fingerprint density at radius 2 is 1.82 bits per heavy atom. The maximum absolute atomic E-state index is 12.9. The van der Waals surface area contributed by atoms with Gasteiger partial charge >= 0.3 is 0 Å². The van der Waals surface area contributed by atoms with Crippen LogP contribution in [0.4, 0.5) is 4.79 Å². The van der Waals surface area contributed by atoms with Gasteiger partial charge in [-0.1, -0.05) is 48.0 Å². The standard InChI is InChI=1S/C26H18ClNO4S/c1-31-22-10-8-19(27)13-21(22)23-11-9-20(32-23)14-24-25(29)28(26(30)33-24)15-16-6-7-17-4-2-3-5-18(17)12-16/h2-14H,15H2,1H3/b24-14-. The molecule has 33 heavy (non-hydrogen) atoms. The minimum atomic E-state index is -0.337. The van der Waals surface area contributed by atoms with Gasteiger partial charge in [-0.15, -0.1) is 0 Å². The number of nitrogens with zero attached hydrogens (tertiary/aromatic N) is 1. The molecule has 164 valence electrons. The first kappa shape index (κ1) is 21.4. The van der Waals surface area contributed by atoms with Crippen molar-refractivity contribution in [2.24, 2.45) is 0 Å². The van der Waals surface area contributed by atoms with Crippen LogP contribution in [0.2, 0.25) is 5.02 Å². The summed E-state index contributed by atoms with van der Waals surface area (Å²) in [6.07, 6.45) is 1.59. The van der Waals surface area contributed by atoms with Gasteiger partial charge in [-0.05, 0) is 64.5 Å². The summed E-state index contributed by atoms with van der Waals surface area (Å²) in [4.78, 5) is 27.1. The summed E-state index contributed by atoms with van der Waals surface area (Å²) < 4.78 is 11.3. The molecule has 0 unspecified atom stereocenters. The lowest BCUT2D eigenvalue weighted by molar-refractivity contribution is -0.123. The summed E-state index contributed by atoms with van der Waals surface area (Å²) in [6.45, 7) is 0.218. The van der Waals surface area contributed by atoms with E-state index in [9.17, 15) is 9.59 Å². The Morgan fingerprint density at radius 1 is 1.00 bits per heavy atom. The van der Waals surface area contributed by atoms with E-state index in [2.05, 4.69) is 0 Å². The Kier molecular flexibility index (Phi) is 5.70. The first-order chi connectivity index (χ1) is 16.0. The molecule has 0 N–H and O–H groups in total. The van der Waals surface area contributed by atoms with E-state index in [1.807, 2.05) is 42.5 Å². The second-order valence-electron chi connectivity index (χ2n) is 7.50. The number of imide groups is 1. The molecule has 1 aromatic heterocycles. The largest absolute Gasteiger partial charge is 0.496 e. The van der Waals surface area contributed by atoms with Gasteiger partial charge in [-0.3, -0.25) is 14.5 Å². The van der Waals surface area contributed by atoms with E-state index in [1.165, 1.54) is 4.90 Å². The third-order valence-corrected chi connectivity index (χ3v) is 6.50. The molecule has 2 heterocycles. The molecule has 2 amide bonds. The quantitative estimate of drug-likeness (QED) is 0.291. The number of carbonyl (C=O) groups excluding carboxylic acids is 2. The topological polar surface area (TPSA) is 59.8 Å². The monoisotopic (exact) mass is 475 g/mol. The van der Waals surface area contributed by atoms with Gasteiger partial charge in [0, 0.05) is 11.1 Å². The summed E-state index contributed by atoms with van der Waals surface area (Å²) in [5.74, 6) is 1.30. The minimum Gasteiger partial charge on any atom is -0.496 e. The fraction of sp³-hybridized carbons (Fsp3) is 0.0769.